The first-order valence-corrected chi connectivity index (χ1v) is 6.81. The Bertz CT molecular complexity index is 439. The van der Waals surface area contributed by atoms with Gasteiger partial charge >= 0.3 is 6.61 Å². The Kier molecular flexibility index (Phi) is 7.64. The highest BCUT2D eigenvalue weighted by atomic mass is 35.5. The fourth-order valence-corrected chi connectivity index (χ4v) is 2.55. The average molecular weight is 319 g/mol. The largest absolute Gasteiger partial charge is 0.435 e. The first-order valence-electron chi connectivity index (χ1n) is 6.81. The van der Waals surface area contributed by atoms with Crippen molar-refractivity contribution in [2.45, 2.75) is 19.1 Å². The van der Waals surface area contributed by atoms with Crippen molar-refractivity contribution < 1.29 is 13.5 Å². The van der Waals surface area contributed by atoms with Crippen LogP contribution in [0.4, 0.5) is 8.78 Å². The molecule has 1 aliphatic rings. The van der Waals surface area contributed by atoms with Gasteiger partial charge in [0.25, 0.3) is 0 Å². The van der Waals surface area contributed by atoms with Crippen LogP contribution in [0.1, 0.15) is 18.0 Å². The molecule has 0 radical (unpaired) electrons. The summed E-state index contributed by atoms with van der Waals surface area (Å²) in [6, 6.07) is 7.12. The van der Waals surface area contributed by atoms with Crippen LogP contribution in [0.5, 0.6) is 5.75 Å². The smallest absolute Gasteiger partial charge is 0.387 e. The molecule has 0 bridgehead atoms. The van der Waals surface area contributed by atoms with Crippen LogP contribution in [0.15, 0.2) is 36.9 Å². The molecular formula is C15H21ClF2N2O. The lowest BCUT2D eigenvalue weighted by molar-refractivity contribution is -0.0499. The van der Waals surface area contributed by atoms with Gasteiger partial charge < -0.3 is 10.1 Å². The minimum absolute atomic E-state index is 0. The molecule has 1 heterocycles. The van der Waals surface area contributed by atoms with Crippen LogP contribution in [0, 0.1) is 0 Å². The van der Waals surface area contributed by atoms with Crippen LogP contribution < -0.4 is 10.1 Å². The summed E-state index contributed by atoms with van der Waals surface area (Å²) in [5, 5.41) is 3.31. The van der Waals surface area contributed by atoms with E-state index in [1.807, 2.05) is 12.1 Å². The van der Waals surface area contributed by atoms with E-state index >= 15 is 0 Å². The Morgan fingerprint density at radius 2 is 2.05 bits per heavy atom. The Hall–Kier alpha value is -1.17. The van der Waals surface area contributed by atoms with E-state index in [0.29, 0.717) is 0 Å². The summed E-state index contributed by atoms with van der Waals surface area (Å²) in [5.74, 6) is 0.210. The van der Waals surface area contributed by atoms with Crippen molar-refractivity contribution in [2.24, 2.45) is 0 Å². The van der Waals surface area contributed by atoms with Gasteiger partial charge in [-0.15, -0.1) is 19.0 Å². The summed E-state index contributed by atoms with van der Waals surface area (Å²) >= 11 is 0. The van der Waals surface area contributed by atoms with E-state index in [9.17, 15) is 8.78 Å². The van der Waals surface area contributed by atoms with Crippen molar-refractivity contribution in [1.29, 1.82) is 0 Å². The topological polar surface area (TPSA) is 24.5 Å². The van der Waals surface area contributed by atoms with Crippen molar-refractivity contribution in [3.8, 4) is 5.75 Å². The van der Waals surface area contributed by atoms with Gasteiger partial charge in [-0.1, -0.05) is 18.2 Å². The average Bonchev–Trinajstić information content (AvgIpc) is 2.45. The maximum absolute atomic E-state index is 12.3. The van der Waals surface area contributed by atoms with Crippen LogP contribution >= 0.6 is 12.4 Å². The molecule has 1 aromatic carbocycles. The molecule has 3 nitrogen and oxygen atoms in total. The molecule has 2 rings (SSSR count). The van der Waals surface area contributed by atoms with Gasteiger partial charge in [0.2, 0.25) is 0 Å². The zero-order valence-corrected chi connectivity index (χ0v) is 12.6. The molecule has 0 aromatic heterocycles. The fourth-order valence-electron chi connectivity index (χ4n) is 2.55. The van der Waals surface area contributed by atoms with Gasteiger partial charge in [0.15, 0.2) is 0 Å². The summed E-state index contributed by atoms with van der Waals surface area (Å²) in [5.41, 5.74) is 0.991. The van der Waals surface area contributed by atoms with Crippen molar-refractivity contribution in [1.82, 2.24) is 10.2 Å². The van der Waals surface area contributed by atoms with Crippen molar-refractivity contribution in [2.75, 3.05) is 26.2 Å². The molecule has 0 saturated carbocycles. The van der Waals surface area contributed by atoms with Crippen LogP contribution in [0.25, 0.3) is 0 Å². The van der Waals surface area contributed by atoms with E-state index in [0.717, 1.165) is 38.2 Å². The number of hydrogen-bond donors (Lipinski definition) is 1. The predicted octanol–water partition coefficient (Wildman–Crippen LogP) is 3.23. The standard InChI is InChI=1S/C15H20F2N2O.ClH/c1-2-4-14(19-9-7-18-8-10-19)12-5-3-6-13(11-12)20-15(16)17;/h2-3,5-6,11,14-15,18H,1,4,7-10H2;1H/t14-;/m1./s1. The normalized spacial score (nSPS) is 17.1. The van der Waals surface area contributed by atoms with Crippen LogP contribution in [0.2, 0.25) is 0 Å². The minimum Gasteiger partial charge on any atom is -0.435 e. The maximum Gasteiger partial charge on any atom is 0.387 e. The molecule has 1 saturated heterocycles. The molecule has 1 N–H and O–H groups in total. The third kappa shape index (κ3) is 5.26. The number of ether oxygens (including phenoxy) is 1. The van der Waals surface area contributed by atoms with Gasteiger partial charge in [-0.25, -0.2) is 0 Å². The van der Waals surface area contributed by atoms with E-state index in [2.05, 4.69) is 21.5 Å². The Labute approximate surface area is 130 Å². The van der Waals surface area contributed by atoms with E-state index in [-0.39, 0.29) is 24.2 Å². The number of nitrogens with one attached hydrogen (secondary N) is 1. The molecule has 118 valence electrons. The number of halogens is 3. The number of piperazine rings is 1. The zero-order chi connectivity index (χ0) is 14.4. The van der Waals surface area contributed by atoms with E-state index in [4.69, 9.17) is 0 Å². The molecule has 21 heavy (non-hydrogen) atoms. The van der Waals surface area contributed by atoms with E-state index in [1.165, 1.54) is 0 Å². The SMILES string of the molecule is C=CC[C@H](c1cccc(OC(F)F)c1)N1CCNCC1.Cl. The molecule has 0 unspecified atom stereocenters. The van der Waals surface area contributed by atoms with Gasteiger partial charge in [-0.05, 0) is 24.1 Å². The third-order valence-electron chi connectivity index (χ3n) is 3.45. The van der Waals surface area contributed by atoms with E-state index < -0.39 is 6.61 Å². The van der Waals surface area contributed by atoms with Crippen LogP contribution in [-0.4, -0.2) is 37.7 Å². The molecule has 1 aliphatic heterocycles. The van der Waals surface area contributed by atoms with Gasteiger partial charge in [-0.2, -0.15) is 8.78 Å². The van der Waals surface area contributed by atoms with Crippen molar-refractivity contribution in [3.05, 3.63) is 42.5 Å². The molecular weight excluding hydrogens is 298 g/mol. The first kappa shape index (κ1) is 17.9. The number of alkyl halides is 2. The monoisotopic (exact) mass is 318 g/mol. The van der Waals surface area contributed by atoms with Crippen LogP contribution in [-0.2, 0) is 0 Å². The van der Waals surface area contributed by atoms with Gasteiger partial charge in [0.1, 0.15) is 5.75 Å². The second kappa shape index (κ2) is 8.97. The fraction of sp³-hybridized carbons (Fsp3) is 0.467. The highest BCUT2D eigenvalue weighted by Crippen LogP contribution is 2.28. The summed E-state index contributed by atoms with van der Waals surface area (Å²) in [4.78, 5) is 2.35. The van der Waals surface area contributed by atoms with E-state index in [1.54, 1.807) is 18.2 Å². The number of hydrogen-bond acceptors (Lipinski definition) is 3. The van der Waals surface area contributed by atoms with Gasteiger partial charge in [0.05, 0.1) is 0 Å². The van der Waals surface area contributed by atoms with Crippen molar-refractivity contribution >= 4 is 12.4 Å². The molecule has 6 heteroatoms. The summed E-state index contributed by atoms with van der Waals surface area (Å²) in [6.45, 7) is 4.78. The zero-order valence-electron chi connectivity index (χ0n) is 11.8. The number of nitrogens with zero attached hydrogens (tertiary/aromatic N) is 1. The molecule has 1 fully saturated rings. The van der Waals surface area contributed by atoms with Gasteiger partial charge in [-0.3, -0.25) is 4.90 Å². The Morgan fingerprint density at radius 3 is 2.67 bits per heavy atom. The highest BCUT2D eigenvalue weighted by molar-refractivity contribution is 5.85. The molecule has 1 aromatic rings. The van der Waals surface area contributed by atoms with Crippen molar-refractivity contribution in [3.63, 3.8) is 0 Å². The maximum atomic E-state index is 12.3. The molecule has 1 atom stereocenters. The first-order chi connectivity index (χ1) is 9.70. The lowest BCUT2D eigenvalue weighted by Crippen LogP contribution is -2.45. The summed E-state index contributed by atoms with van der Waals surface area (Å²) in [6.07, 6.45) is 2.66. The quantitative estimate of drug-likeness (QED) is 0.815. The number of rotatable bonds is 6. The summed E-state index contributed by atoms with van der Waals surface area (Å²) in [7, 11) is 0. The highest BCUT2D eigenvalue weighted by Gasteiger charge is 2.21. The van der Waals surface area contributed by atoms with Crippen LogP contribution in [0.3, 0.4) is 0 Å². The Morgan fingerprint density at radius 1 is 1.33 bits per heavy atom. The Balaban J connectivity index is 0.00000220. The lowest BCUT2D eigenvalue weighted by Gasteiger charge is -2.35. The molecule has 0 aliphatic carbocycles. The number of benzene rings is 1. The third-order valence-corrected chi connectivity index (χ3v) is 3.45. The molecule has 0 amide bonds. The summed E-state index contributed by atoms with van der Waals surface area (Å²) < 4.78 is 29.1. The second-order valence-electron chi connectivity index (χ2n) is 4.78. The minimum atomic E-state index is -2.79. The van der Waals surface area contributed by atoms with Gasteiger partial charge in [0, 0.05) is 32.2 Å². The predicted molar refractivity (Wildman–Crippen MR) is 82.3 cm³/mol. The molecule has 0 spiro atoms. The second-order valence-corrected chi connectivity index (χ2v) is 4.78. The lowest BCUT2D eigenvalue weighted by atomic mass is 10.0.